The van der Waals surface area contributed by atoms with Crippen LogP contribution in [0, 0.1) is 5.82 Å². The molecule has 130 valence electrons. The summed E-state index contributed by atoms with van der Waals surface area (Å²) in [5.41, 5.74) is 0.275. The number of nitrogens with zero attached hydrogens (tertiary/aromatic N) is 4. The number of hydrogen-bond donors (Lipinski definition) is 0. The van der Waals surface area contributed by atoms with Crippen LogP contribution < -0.4 is 4.74 Å². The highest BCUT2D eigenvalue weighted by molar-refractivity contribution is 5.92. The first-order chi connectivity index (χ1) is 12.2. The lowest BCUT2D eigenvalue weighted by Crippen LogP contribution is -2.44. The van der Waals surface area contributed by atoms with Crippen molar-refractivity contribution < 1.29 is 18.7 Å². The molecule has 4 heterocycles. The van der Waals surface area contributed by atoms with Crippen LogP contribution in [0.5, 0.6) is 5.88 Å². The first-order valence-electron chi connectivity index (χ1n) is 8.20. The summed E-state index contributed by atoms with van der Waals surface area (Å²) in [5, 5.41) is 0. The van der Waals surface area contributed by atoms with Crippen molar-refractivity contribution >= 4 is 5.91 Å². The molecule has 8 heteroatoms. The second-order valence-electron chi connectivity index (χ2n) is 6.04. The molecule has 2 aliphatic heterocycles. The lowest BCUT2D eigenvalue weighted by molar-refractivity contribution is -0.0462. The SMILES string of the molecule is O=C(c1cnccn1)N1C[C@@H](Oc2ncccc2F)[C@@H]2OCCC[C@@H]21. The number of carbonyl (C=O) groups excluding carboxylic acids is 1. The van der Waals surface area contributed by atoms with Crippen molar-refractivity contribution in [3.8, 4) is 5.88 Å². The molecule has 2 saturated heterocycles. The summed E-state index contributed by atoms with van der Waals surface area (Å²) in [6.45, 7) is 0.889. The molecule has 25 heavy (non-hydrogen) atoms. The number of hydrogen-bond acceptors (Lipinski definition) is 6. The number of ether oxygens (including phenoxy) is 2. The molecule has 2 aliphatic rings. The van der Waals surface area contributed by atoms with E-state index in [1.807, 2.05) is 0 Å². The Morgan fingerprint density at radius 3 is 3.04 bits per heavy atom. The van der Waals surface area contributed by atoms with Crippen LogP contribution in [0.25, 0.3) is 0 Å². The predicted octanol–water partition coefficient (Wildman–Crippen LogP) is 1.46. The molecule has 0 N–H and O–H groups in total. The summed E-state index contributed by atoms with van der Waals surface area (Å²) in [6, 6.07) is 2.67. The molecule has 0 bridgehead atoms. The second-order valence-corrected chi connectivity index (χ2v) is 6.04. The maximum absolute atomic E-state index is 13.9. The fourth-order valence-electron chi connectivity index (χ4n) is 3.40. The molecule has 2 aromatic rings. The number of amides is 1. The average molecular weight is 344 g/mol. The van der Waals surface area contributed by atoms with Crippen LogP contribution in [0.2, 0.25) is 0 Å². The summed E-state index contributed by atoms with van der Waals surface area (Å²) in [7, 11) is 0. The Hall–Kier alpha value is -2.61. The Morgan fingerprint density at radius 2 is 2.24 bits per heavy atom. The van der Waals surface area contributed by atoms with E-state index in [0.29, 0.717) is 13.2 Å². The van der Waals surface area contributed by atoms with Gasteiger partial charge < -0.3 is 14.4 Å². The maximum Gasteiger partial charge on any atom is 0.274 e. The van der Waals surface area contributed by atoms with Gasteiger partial charge in [0.15, 0.2) is 5.82 Å². The third-order valence-electron chi connectivity index (χ3n) is 4.51. The predicted molar refractivity (Wildman–Crippen MR) is 84.4 cm³/mol. The Kier molecular flexibility index (Phi) is 4.27. The van der Waals surface area contributed by atoms with E-state index in [9.17, 15) is 9.18 Å². The van der Waals surface area contributed by atoms with Gasteiger partial charge in [-0.3, -0.25) is 9.78 Å². The van der Waals surface area contributed by atoms with Crippen molar-refractivity contribution in [1.82, 2.24) is 19.9 Å². The smallest absolute Gasteiger partial charge is 0.274 e. The second kappa shape index (κ2) is 6.72. The lowest BCUT2D eigenvalue weighted by Gasteiger charge is -2.31. The third kappa shape index (κ3) is 3.05. The molecule has 0 unspecified atom stereocenters. The van der Waals surface area contributed by atoms with Crippen LogP contribution >= 0.6 is 0 Å². The van der Waals surface area contributed by atoms with Crippen molar-refractivity contribution in [2.45, 2.75) is 31.1 Å². The van der Waals surface area contributed by atoms with Crippen LogP contribution in [-0.2, 0) is 4.74 Å². The maximum atomic E-state index is 13.9. The van der Waals surface area contributed by atoms with E-state index in [4.69, 9.17) is 9.47 Å². The molecular weight excluding hydrogens is 327 g/mol. The molecule has 0 radical (unpaired) electrons. The highest BCUT2D eigenvalue weighted by atomic mass is 19.1. The van der Waals surface area contributed by atoms with Crippen molar-refractivity contribution in [3.05, 3.63) is 48.4 Å². The molecule has 7 nitrogen and oxygen atoms in total. The van der Waals surface area contributed by atoms with Crippen LogP contribution in [0.1, 0.15) is 23.3 Å². The summed E-state index contributed by atoms with van der Waals surface area (Å²) >= 11 is 0. The number of aromatic nitrogens is 3. The molecule has 1 amide bonds. The number of fused-ring (bicyclic) bond motifs is 1. The van der Waals surface area contributed by atoms with Gasteiger partial charge in [-0.1, -0.05) is 0 Å². The Labute approximate surface area is 143 Å². The zero-order chi connectivity index (χ0) is 17.2. The minimum absolute atomic E-state index is 0.0748. The summed E-state index contributed by atoms with van der Waals surface area (Å²) in [4.78, 5) is 26.4. The number of pyridine rings is 1. The molecule has 4 rings (SSSR count). The standard InChI is InChI=1S/C17H17FN4O3/c18-11-3-1-5-21-16(11)25-14-10-22(13-4-2-8-24-15(13)14)17(23)12-9-19-6-7-20-12/h1,3,5-7,9,13-15H,2,4,8,10H2/t13-,14+,15+/m0/s1. The van der Waals surface area contributed by atoms with E-state index in [1.54, 1.807) is 4.90 Å². The number of likely N-dealkylation sites (tertiary alicyclic amines) is 1. The van der Waals surface area contributed by atoms with Crippen LogP contribution in [0.4, 0.5) is 4.39 Å². The van der Waals surface area contributed by atoms with Crippen molar-refractivity contribution in [3.63, 3.8) is 0 Å². The summed E-state index contributed by atoms with van der Waals surface area (Å²) < 4.78 is 25.4. The van der Waals surface area contributed by atoms with Crippen LogP contribution in [-0.4, -0.2) is 57.2 Å². The minimum Gasteiger partial charge on any atom is -0.468 e. The van der Waals surface area contributed by atoms with Crippen molar-refractivity contribution in [2.24, 2.45) is 0 Å². The Balaban J connectivity index is 1.58. The van der Waals surface area contributed by atoms with Gasteiger partial charge in [0.25, 0.3) is 11.8 Å². The molecule has 2 aromatic heterocycles. The van der Waals surface area contributed by atoms with Gasteiger partial charge in [-0.15, -0.1) is 0 Å². The molecular formula is C17H17FN4O3. The average Bonchev–Trinajstić information content (AvgIpc) is 3.02. The number of halogens is 1. The summed E-state index contributed by atoms with van der Waals surface area (Å²) in [6.07, 6.45) is 6.78. The molecule has 0 saturated carbocycles. The molecule has 2 fully saturated rings. The highest BCUT2D eigenvalue weighted by Gasteiger charge is 2.48. The van der Waals surface area contributed by atoms with Crippen molar-refractivity contribution in [1.29, 1.82) is 0 Å². The highest BCUT2D eigenvalue weighted by Crippen LogP contribution is 2.32. The van der Waals surface area contributed by atoms with Crippen LogP contribution in [0.15, 0.2) is 36.9 Å². The Bertz CT molecular complexity index is 761. The minimum atomic E-state index is -0.534. The fraction of sp³-hybridized carbons (Fsp3) is 0.412. The Morgan fingerprint density at radius 1 is 1.32 bits per heavy atom. The first-order valence-corrected chi connectivity index (χ1v) is 8.20. The molecule has 3 atom stereocenters. The lowest BCUT2D eigenvalue weighted by atomic mass is 10.0. The quantitative estimate of drug-likeness (QED) is 0.839. The van der Waals surface area contributed by atoms with Crippen molar-refractivity contribution in [2.75, 3.05) is 13.2 Å². The zero-order valence-corrected chi connectivity index (χ0v) is 13.4. The number of carbonyl (C=O) groups is 1. The molecule has 0 aliphatic carbocycles. The van der Waals surface area contributed by atoms with Gasteiger partial charge in [-0.25, -0.2) is 14.4 Å². The summed E-state index contributed by atoms with van der Waals surface area (Å²) in [5.74, 6) is -0.830. The topological polar surface area (TPSA) is 77.4 Å². The van der Waals surface area contributed by atoms with E-state index >= 15 is 0 Å². The van der Waals surface area contributed by atoms with E-state index in [-0.39, 0.29) is 29.6 Å². The van der Waals surface area contributed by atoms with E-state index in [0.717, 1.165) is 12.8 Å². The van der Waals surface area contributed by atoms with E-state index < -0.39 is 11.9 Å². The monoisotopic (exact) mass is 344 g/mol. The largest absolute Gasteiger partial charge is 0.468 e. The van der Waals surface area contributed by atoms with Gasteiger partial charge in [0.1, 0.15) is 17.9 Å². The fourth-order valence-corrected chi connectivity index (χ4v) is 3.40. The van der Waals surface area contributed by atoms with E-state index in [2.05, 4.69) is 15.0 Å². The van der Waals surface area contributed by atoms with Gasteiger partial charge >= 0.3 is 0 Å². The first kappa shape index (κ1) is 15.9. The van der Waals surface area contributed by atoms with Gasteiger partial charge in [0.2, 0.25) is 0 Å². The molecule has 0 spiro atoms. The van der Waals surface area contributed by atoms with Crippen LogP contribution in [0.3, 0.4) is 0 Å². The number of rotatable bonds is 3. The van der Waals surface area contributed by atoms with E-state index in [1.165, 1.54) is 36.9 Å². The van der Waals surface area contributed by atoms with Gasteiger partial charge in [0, 0.05) is 25.2 Å². The van der Waals surface area contributed by atoms with Gasteiger partial charge in [-0.05, 0) is 25.0 Å². The normalized spacial score (nSPS) is 25.5. The zero-order valence-electron chi connectivity index (χ0n) is 13.4. The molecule has 0 aromatic carbocycles. The van der Waals surface area contributed by atoms with Gasteiger partial charge in [0.05, 0.1) is 18.8 Å². The van der Waals surface area contributed by atoms with Gasteiger partial charge in [-0.2, -0.15) is 0 Å². The third-order valence-corrected chi connectivity index (χ3v) is 4.51.